The van der Waals surface area contributed by atoms with Crippen molar-refractivity contribution in [3.8, 4) is 5.69 Å². The van der Waals surface area contributed by atoms with Crippen molar-refractivity contribution in [3.05, 3.63) is 65.4 Å². The van der Waals surface area contributed by atoms with E-state index < -0.39 is 52.6 Å². The van der Waals surface area contributed by atoms with Gasteiger partial charge >= 0.3 is 19.5 Å². The molecule has 1 aromatic heterocycles. The van der Waals surface area contributed by atoms with Crippen molar-refractivity contribution < 1.29 is 31.2 Å². The second kappa shape index (κ2) is 8.68. The first-order chi connectivity index (χ1) is 13.8. The topological polar surface area (TPSA) is 90.4 Å². The molecule has 0 amide bonds. The molecule has 0 spiro atoms. The van der Waals surface area contributed by atoms with Gasteiger partial charge in [-0.3, -0.25) is 9.36 Å². The normalized spacial score (nSPS) is 13.0. The lowest BCUT2D eigenvalue weighted by atomic mass is 10.1. The number of aromatic amines is 1. The molecule has 0 aliphatic heterocycles. The first-order valence-corrected chi connectivity index (χ1v) is 10.1. The van der Waals surface area contributed by atoms with Gasteiger partial charge in [0.2, 0.25) is 0 Å². The van der Waals surface area contributed by atoms with Crippen LogP contribution in [-0.2, 0) is 19.8 Å². The summed E-state index contributed by atoms with van der Waals surface area (Å²) >= 11 is 11.9. The van der Waals surface area contributed by atoms with Gasteiger partial charge in [0.05, 0.1) is 10.7 Å². The fourth-order valence-electron chi connectivity index (χ4n) is 2.42. The monoisotopic (exact) mass is 490 g/mol. The molecule has 2 rings (SSSR count). The summed E-state index contributed by atoms with van der Waals surface area (Å²) in [5.41, 5.74) is -6.14. The number of halogens is 6. The van der Waals surface area contributed by atoms with Crippen LogP contribution in [-0.4, -0.2) is 23.8 Å². The van der Waals surface area contributed by atoms with E-state index in [0.29, 0.717) is 6.07 Å². The number of nitrogens with one attached hydrogen (secondary N) is 1. The molecule has 30 heavy (non-hydrogen) atoms. The van der Waals surface area contributed by atoms with Gasteiger partial charge in [-0.15, -0.1) is 0 Å². The average molecular weight is 491 g/mol. The number of aromatic nitrogens is 2. The zero-order valence-electron chi connectivity index (χ0n) is 15.4. The van der Waals surface area contributed by atoms with Gasteiger partial charge < -0.3 is 14.0 Å². The number of hydrogen-bond acceptors (Lipinski definition) is 5. The Bertz CT molecular complexity index is 1180. The van der Waals surface area contributed by atoms with Gasteiger partial charge in [-0.05, 0) is 30.7 Å². The highest BCUT2D eigenvalue weighted by molar-refractivity contribution is 7.61. The van der Waals surface area contributed by atoms with Gasteiger partial charge in [0.25, 0.3) is 5.56 Å². The zero-order chi connectivity index (χ0) is 23.0. The maximum Gasteiger partial charge on any atom is 0.431 e. The number of alkyl halides is 3. The molecule has 0 radical (unpaired) electrons. The van der Waals surface area contributed by atoms with E-state index in [-0.39, 0.29) is 15.2 Å². The van der Waals surface area contributed by atoms with Gasteiger partial charge in [0, 0.05) is 19.8 Å². The van der Waals surface area contributed by atoms with E-state index in [1.165, 1.54) is 4.98 Å². The molecule has 0 bridgehead atoms. The van der Waals surface area contributed by atoms with E-state index in [2.05, 4.69) is 0 Å². The van der Waals surface area contributed by atoms with E-state index >= 15 is 0 Å². The molecule has 0 atom stereocenters. The highest BCUT2D eigenvalue weighted by Crippen LogP contribution is 2.57. The molecule has 0 saturated heterocycles. The molecule has 7 nitrogen and oxygen atoms in total. The minimum Gasteiger partial charge on any atom is -0.308 e. The van der Waals surface area contributed by atoms with Crippen molar-refractivity contribution in [2.75, 3.05) is 14.2 Å². The maximum atomic E-state index is 14.5. The molecular formula is C16H13Cl2F4N2O5P. The van der Waals surface area contributed by atoms with Crippen LogP contribution in [0.2, 0.25) is 5.02 Å². The smallest absolute Gasteiger partial charge is 0.308 e. The SMILES string of the molecule is COP(=O)(OC)C(Cl)=Cc1cc(-n2c(=O)[nH]c(C(F)(F)F)c(C)c2=O)c(F)cc1Cl. The molecule has 0 aliphatic carbocycles. The zero-order valence-corrected chi connectivity index (χ0v) is 17.8. The molecule has 1 heterocycles. The second-order valence-electron chi connectivity index (χ2n) is 5.72. The summed E-state index contributed by atoms with van der Waals surface area (Å²) in [5.74, 6) is -1.18. The quantitative estimate of drug-likeness (QED) is 0.485. The van der Waals surface area contributed by atoms with Crippen molar-refractivity contribution in [2.24, 2.45) is 0 Å². The number of benzene rings is 1. The third-order valence-electron chi connectivity index (χ3n) is 3.94. The minimum absolute atomic E-state index is 0.115. The van der Waals surface area contributed by atoms with Gasteiger partial charge in [0.1, 0.15) is 16.3 Å². The Hall–Kier alpha value is -1.91. The van der Waals surface area contributed by atoms with E-state index in [0.717, 1.165) is 33.3 Å². The van der Waals surface area contributed by atoms with Gasteiger partial charge in [-0.25, -0.2) is 13.8 Å². The summed E-state index contributed by atoms with van der Waals surface area (Å²) in [6.07, 6.45) is -4.01. The molecule has 1 aromatic carbocycles. The maximum absolute atomic E-state index is 14.5. The average Bonchev–Trinajstić information content (AvgIpc) is 2.66. The number of nitrogens with zero attached hydrogens (tertiary/aromatic N) is 1. The minimum atomic E-state index is -5.00. The van der Waals surface area contributed by atoms with Gasteiger partial charge in [-0.2, -0.15) is 13.2 Å². The second-order valence-corrected chi connectivity index (χ2v) is 9.01. The molecule has 14 heteroatoms. The van der Waals surface area contributed by atoms with Crippen LogP contribution < -0.4 is 11.2 Å². The summed E-state index contributed by atoms with van der Waals surface area (Å²) in [6.45, 7) is 0.830. The Morgan fingerprint density at radius 3 is 2.30 bits per heavy atom. The highest BCUT2D eigenvalue weighted by Gasteiger charge is 2.36. The fourth-order valence-corrected chi connectivity index (χ4v) is 3.95. The molecule has 0 saturated carbocycles. The van der Waals surface area contributed by atoms with Gasteiger partial charge in [-0.1, -0.05) is 23.2 Å². The molecule has 1 N–H and O–H groups in total. The van der Waals surface area contributed by atoms with E-state index in [1.807, 2.05) is 0 Å². The molecule has 0 unspecified atom stereocenters. The van der Waals surface area contributed by atoms with Crippen molar-refractivity contribution in [1.82, 2.24) is 9.55 Å². The summed E-state index contributed by atoms with van der Waals surface area (Å²) < 4.78 is 74.8. The largest absolute Gasteiger partial charge is 0.431 e. The summed E-state index contributed by atoms with van der Waals surface area (Å²) in [6, 6.07) is 1.58. The lowest BCUT2D eigenvalue weighted by molar-refractivity contribution is -0.142. The third-order valence-corrected chi connectivity index (χ3v) is 6.61. The first kappa shape index (κ1) is 24.4. The number of H-pyrrole nitrogens is 1. The van der Waals surface area contributed by atoms with Crippen molar-refractivity contribution in [3.63, 3.8) is 0 Å². The Balaban J connectivity index is 2.79. The first-order valence-electron chi connectivity index (χ1n) is 7.78. The Labute approximate surface area is 176 Å². The number of hydrogen-bond donors (Lipinski definition) is 1. The molecular weight excluding hydrogens is 478 g/mol. The van der Waals surface area contributed by atoms with E-state index in [1.54, 1.807) is 0 Å². The molecule has 0 fully saturated rings. The van der Waals surface area contributed by atoms with Crippen LogP contribution >= 0.6 is 30.8 Å². The molecule has 164 valence electrons. The fraction of sp³-hybridized carbons (Fsp3) is 0.250. The van der Waals surface area contributed by atoms with E-state index in [9.17, 15) is 31.7 Å². The summed E-state index contributed by atoms with van der Waals surface area (Å²) in [4.78, 5) is 26.1. The van der Waals surface area contributed by atoms with E-state index in [4.69, 9.17) is 32.2 Å². The van der Waals surface area contributed by atoms with Crippen LogP contribution in [0.25, 0.3) is 11.8 Å². The Morgan fingerprint density at radius 1 is 1.23 bits per heavy atom. The van der Waals surface area contributed by atoms with Crippen LogP contribution in [0.1, 0.15) is 16.8 Å². The molecule has 0 aliphatic rings. The van der Waals surface area contributed by atoms with Gasteiger partial charge in [0.15, 0.2) is 0 Å². The lowest BCUT2D eigenvalue weighted by Crippen LogP contribution is -2.38. The Morgan fingerprint density at radius 2 is 1.80 bits per heavy atom. The van der Waals surface area contributed by atoms with Crippen LogP contribution in [0.5, 0.6) is 0 Å². The highest BCUT2D eigenvalue weighted by atomic mass is 35.5. The standard InChI is InChI=1S/C16H13Cl2F4N2O5P/c1-7-13(16(20,21)22)23-15(26)24(14(7)25)11-4-8(9(17)6-10(11)19)5-12(18)30(27,28-2)29-3/h4-6H,1-3H3,(H,23,26). The Kier molecular flexibility index (Phi) is 7.05. The van der Waals surface area contributed by atoms with Crippen LogP contribution in [0.3, 0.4) is 0 Å². The van der Waals surface area contributed by atoms with Crippen LogP contribution in [0.15, 0.2) is 26.5 Å². The third kappa shape index (κ3) is 4.55. The number of rotatable bonds is 5. The van der Waals surface area contributed by atoms with Crippen LogP contribution in [0, 0.1) is 12.7 Å². The summed E-state index contributed by atoms with van der Waals surface area (Å²) in [5, 5.41) is -0.263. The van der Waals surface area contributed by atoms with Crippen molar-refractivity contribution in [2.45, 2.75) is 13.1 Å². The summed E-state index contributed by atoms with van der Waals surface area (Å²) in [7, 11) is -1.78. The lowest BCUT2D eigenvalue weighted by Gasteiger charge is -2.14. The predicted molar refractivity (Wildman–Crippen MR) is 103 cm³/mol. The molecule has 2 aromatic rings. The predicted octanol–water partition coefficient (Wildman–Crippen LogP) is 4.67. The van der Waals surface area contributed by atoms with Crippen LogP contribution in [0.4, 0.5) is 17.6 Å². The van der Waals surface area contributed by atoms with Crippen molar-refractivity contribution in [1.29, 1.82) is 0 Å². The van der Waals surface area contributed by atoms with Crippen molar-refractivity contribution >= 4 is 36.9 Å².